The van der Waals surface area contributed by atoms with E-state index < -0.39 is 23.9 Å². The number of halogens is 1. The lowest BCUT2D eigenvalue weighted by molar-refractivity contribution is -0.143. The molecule has 1 aliphatic heterocycles. The second-order valence-electron chi connectivity index (χ2n) is 11.0. The van der Waals surface area contributed by atoms with E-state index in [1.54, 1.807) is 12.1 Å². The zero-order valence-corrected chi connectivity index (χ0v) is 22.9. The number of aliphatic hydroxyl groups excluding tert-OH is 3. The SMILES string of the molecule is CCC/C(=C\c1ccc(O)cc1Cl)CC[C@@H](O)C1=C(CO)C[C@H]2C(=O)N(C3CCCCC3)C(=O)[C@H]2[C@H]1CO. The summed E-state index contributed by atoms with van der Waals surface area (Å²) in [6, 6.07) is 4.73. The maximum atomic E-state index is 13.6. The highest BCUT2D eigenvalue weighted by Crippen LogP contribution is 2.47. The molecular formula is C30H40ClNO6. The number of phenols is 1. The summed E-state index contributed by atoms with van der Waals surface area (Å²) in [5.41, 5.74) is 2.94. The summed E-state index contributed by atoms with van der Waals surface area (Å²) in [6.07, 6.45) is 8.58. The van der Waals surface area contributed by atoms with Crippen LogP contribution in [0.25, 0.3) is 6.08 Å². The monoisotopic (exact) mass is 545 g/mol. The number of aliphatic hydroxyl groups is 3. The number of aromatic hydroxyl groups is 1. The fourth-order valence-corrected chi connectivity index (χ4v) is 6.98. The number of phenolic OH excluding ortho intramolecular Hbond substituents is 1. The molecule has 8 heteroatoms. The zero-order chi connectivity index (χ0) is 27.4. The van der Waals surface area contributed by atoms with Crippen LogP contribution in [0.1, 0.15) is 76.7 Å². The van der Waals surface area contributed by atoms with Gasteiger partial charge in [0, 0.05) is 12.0 Å². The van der Waals surface area contributed by atoms with E-state index >= 15 is 0 Å². The highest BCUT2D eigenvalue weighted by atomic mass is 35.5. The predicted octanol–water partition coefficient (Wildman–Crippen LogP) is 4.61. The normalized spacial score (nSPS) is 25.8. The Balaban J connectivity index is 1.55. The van der Waals surface area contributed by atoms with E-state index in [4.69, 9.17) is 11.6 Å². The second-order valence-corrected chi connectivity index (χ2v) is 11.4. The van der Waals surface area contributed by atoms with Crippen LogP contribution in [0, 0.1) is 17.8 Å². The van der Waals surface area contributed by atoms with Gasteiger partial charge in [0.15, 0.2) is 0 Å². The lowest BCUT2D eigenvalue weighted by Gasteiger charge is -2.36. The van der Waals surface area contributed by atoms with E-state index in [0.29, 0.717) is 29.0 Å². The number of nitrogens with zero attached hydrogens (tertiary/aromatic N) is 1. The van der Waals surface area contributed by atoms with Gasteiger partial charge in [0.05, 0.1) is 36.2 Å². The Bertz CT molecular complexity index is 1090. The summed E-state index contributed by atoms with van der Waals surface area (Å²) >= 11 is 6.30. The van der Waals surface area contributed by atoms with Gasteiger partial charge >= 0.3 is 0 Å². The number of carbonyl (C=O) groups is 2. The molecule has 0 bridgehead atoms. The molecule has 2 amide bonds. The molecule has 7 nitrogen and oxygen atoms in total. The fourth-order valence-electron chi connectivity index (χ4n) is 6.75. The fraction of sp³-hybridized carbons (Fsp3) is 0.600. The molecule has 0 spiro atoms. The number of hydrogen-bond acceptors (Lipinski definition) is 6. The van der Waals surface area contributed by atoms with Crippen LogP contribution in [0.4, 0.5) is 0 Å². The molecule has 2 fully saturated rings. The zero-order valence-electron chi connectivity index (χ0n) is 22.1. The molecule has 1 saturated heterocycles. The first-order valence-corrected chi connectivity index (χ1v) is 14.3. The van der Waals surface area contributed by atoms with Crippen molar-refractivity contribution in [2.75, 3.05) is 13.2 Å². The molecule has 4 atom stereocenters. The highest BCUT2D eigenvalue weighted by Gasteiger charge is 2.56. The first-order chi connectivity index (χ1) is 18.3. The van der Waals surface area contributed by atoms with Gasteiger partial charge in [-0.3, -0.25) is 14.5 Å². The van der Waals surface area contributed by atoms with Crippen molar-refractivity contribution >= 4 is 29.5 Å². The van der Waals surface area contributed by atoms with Crippen molar-refractivity contribution in [1.82, 2.24) is 4.90 Å². The number of amides is 2. The highest BCUT2D eigenvalue weighted by molar-refractivity contribution is 6.32. The van der Waals surface area contributed by atoms with Crippen LogP contribution in [-0.2, 0) is 9.59 Å². The molecule has 0 aromatic heterocycles. The standard InChI is InChI=1S/C30H40ClNO6/c1-2-6-18(13-19-10-11-22(35)15-25(19)31)9-12-26(36)27-20(16-33)14-23-28(24(27)17-34)30(38)32(29(23)37)21-7-4-3-5-8-21/h10-11,13,15,21,23-24,26,28,33-36H,2-9,12,14,16-17H2,1H3/b18-13+/t23-,24+,26-,28-/m1/s1. The van der Waals surface area contributed by atoms with E-state index in [9.17, 15) is 30.0 Å². The van der Waals surface area contributed by atoms with Crippen molar-refractivity contribution in [3.8, 4) is 5.75 Å². The Hall–Kier alpha value is -2.19. The van der Waals surface area contributed by atoms with Gasteiger partial charge in [0.25, 0.3) is 0 Å². The van der Waals surface area contributed by atoms with Crippen LogP contribution in [-0.4, -0.2) is 62.5 Å². The third kappa shape index (κ3) is 5.86. The number of carbonyl (C=O) groups excluding carboxylic acids is 2. The lowest BCUT2D eigenvalue weighted by atomic mass is 9.68. The summed E-state index contributed by atoms with van der Waals surface area (Å²) in [5.74, 6) is -2.32. The van der Waals surface area contributed by atoms with Crippen molar-refractivity contribution in [2.24, 2.45) is 17.8 Å². The molecule has 1 heterocycles. The summed E-state index contributed by atoms with van der Waals surface area (Å²) in [5, 5.41) is 42.1. The topological polar surface area (TPSA) is 118 Å². The number of likely N-dealkylation sites (tertiary alicyclic amines) is 1. The van der Waals surface area contributed by atoms with Gasteiger partial charge in [0.2, 0.25) is 11.8 Å². The Morgan fingerprint density at radius 3 is 2.50 bits per heavy atom. The summed E-state index contributed by atoms with van der Waals surface area (Å²) in [6.45, 7) is 1.38. The first-order valence-electron chi connectivity index (χ1n) is 14.0. The number of benzene rings is 1. The van der Waals surface area contributed by atoms with Crippen LogP contribution in [0.15, 0.2) is 34.9 Å². The maximum Gasteiger partial charge on any atom is 0.234 e. The van der Waals surface area contributed by atoms with Gasteiger partial charge in [0.1, 0.15) is 5.75 Å². The summed E-state index contributed by atoms with van der Waals surface area (Å²) in [4.78, 5) is 28.4. The molecule has 0 unspecified atom stereocenters. The van der Waals surface area contributed by atoms with E-state index in [2.05, 4.69) is 6.92 Å². The van der Waals surface area contributed by atoms with Gasteiger partial charge < -0.3 is 20.4 Å². The van der Waals surface area contributed by atoms with Gasteiger partial charge in [-0.1, -0.05) is 55.9 Å². The minimum absolute atomic E-state index is 0.0897. The lowest BCUT2D eigenvalue weighted by Crippen LogP contribution is -2.42. The van der Waals surface area contributed by atoms with Crippen molar-refractivity contribution in [1.29, 1.82) is 0 Å². The third-order valence-electron chi connectivity index (χ3n) is 8.56. The smallest absolute Gasteiger partial charge is 0.234 e. The Kier molecular flexibility index (Phi) is 9.69. The molecular weight excluding hydrogens is 506 g/mol. The van der Waals surface area contributed by atoms with Gasteiger partial charge in [-0.25, -0.2) is 0 Å². The molecule has 0 radical (unpaired) electrons. The Morgan fingerprint density at radius 1 is 1.13 bits per heavy atom. The number of hydrogen-bond donors (Lipinski definition) is 4. The maximum absolute atomic E-state index is 13.6. The quantitative estimate of drug-likeness (QED) is 0.252. The first kappa shape index (κ1) is 28.8. The second kappa shape index (κ2) is 12.8. The average Bonchev–Trinajstić information content (AvgIpc) is 3.17. The minimum Gasteiger partial charge on any atom is -0.508 e. The molecule has 2 aliphatic carbocycles. The van der Waals surface area contributed by atoms with Crippen LogP contribution in [0.5, 0.6) is 5.75 Å². The number of imide groups is 1. The number of fused-ring (bicyclic) bond motifs is 1. The average molecular weight is 546 g/mol. The van der Waals surface area contributed by atoms with E-state index in [1.807, 2.05) is 6.08 Å². The third-order valence-corrected chi connectivity index (χ3v) is 8.89. The molecule has 208 valence electrons. The largest absolute Gasteiger partial charge is 0.508 e. The van der Waals surface area contributed by atoms with Crippen LogP contribution >= 0.6 is 11.6 Å². The molecule has 1 aromatic rings. The van der Waals surface area contributed by atoms with Crippen LogP contribution in [0.3, 0.4) is 0 Å². The van der Waals surface area contributed by atoms with E-state index in [0.717, 1.165) is 56.1 Å². The molecule has 1 saturated carbocycles. The van der Waals surface area contributed by atoms with Gasteiger partial charge in [-0.2, -0.15) is 0 Å². The Morgan fingerprint density at radius 2 is 1.87 bits per heavy atom. The van der Waals surface area contributed by atoms with Gasteiger partial charge in [-0.15, -0.1) is 0 Å². The molecule has 1 aromatic carbocycles. The summed E-state index contributed by atoms with van der Waals surface area (Å²) < 4.78 is 0. The predicted molar refractivity (Wildman–Crippen MR) is 146 cm³/mol. The van der Waals surface area contributed by atoms with Crippen LogP contribution in [0.2, 0.25) is 5.02 Å². The van der Waals surface area contributed by atoms with Crippen molar-refractivity contribution < 1.29 is 30.0 Å². The van der Waals surface area contributed by atoms with Crippen molar-refractivity contribution in [3.05, 3.63) is 45.5 Å². The van der Waals surface area contributed by atoms with Gasteiger partial charge in [-0.05, 0) is 73.4 Å². The van der Waals surface area contributed by atoms with Crippen molar-refractivity contribution in [2.45, 2.75) is 83.3 Å². The van der Waals surface area contributed by atoms with E-state index in [-0.39, 0.29) is 43.2 Å². The summed E-state index contributed by atoms with van der Waals surface area (Å²) in [7, 11) is 0. The Labute approximate surface area is 229 Å². The molecule has 3 aliphatic rings. The molecule has 4 N–H and O–H groups in total. The number of rotatable bonds is 10. The molecule has 4 rings (SSSR count). The van der Waals surface area contributed by atoms with Crippen LogP contribution < -0.4 is 0 Å². The minimum atomic E-state index is -0.961. The molecule has 38 heavy (non-hydrogen) atoms. The van der Waals surface area contributed by atoms with Crippen molar-refractivity contribution in [3.63, 3.8) is 0 Å². The number of allylic oxidation sites excluding steroid dienone is 1. The van der Waals surface area contributed by atoms with E-state index in [1.165, 1.54) is 11.0 Å².